The van der Waals surface area contributed by atoms with E-state index in [9.17, 15) is 36.3 Å². The van der Waals surface area contributed by atoms with Crippen LogP contribution in [-0.2, 0) is 25.4 Å². The van der Waals surface area contributed by atoms with Crippen molar-refractivity contribution >= 4 is 23.8 Å². The molecule has 4 atom stereocenters. The molecule has 3 aromatic rings. The molecule has 0 spiro atoms. The van der Waals surface area contributed by atoms with Gasteiger partial charge in [0, 0.05) is 18.0 Å². The molecule has 0 unspecified atom stereocenters. The van der Waals surface area contributed by atoms with Crippen molar-refractivity contribution in [3.8, 4) is 0 Å². The summed E-state index contributed by atoms with van der Waals surface area (Å²) >= 11 is 0. The van der Waals surface area contributed by atoms with E-state index in [1.807, 2.05) is 0 Å². The SMILES string of the molecule is COC(=O)N[C@H](C(=O)Nc1cncc(F)c1CC[C@@H]1CN[C@H](COC(=O)NCC(F)(F)F)CO1)[C@@H](c1ccc(F)cc1)c1cccc(F)c1. The lowest BCUT2D eigenvalue weighted by molar-refractivity contribution is -0.124. The monoisotopic (exact) mass is 697 g/mol. The highest BCUT2D eigenvalue weighted by Gasteiger charge is 2.34. The molecule has 1 aliphatic rings. The van der Waals surface area contributed by atoms with Crippen LogP contribution in [0.4, 0.5) is 41.6 Å². The fourth-order valence-electron chi connectivity index (χ4n) is 5.13. The minimum Gasteiger partial charge on any atom is -0.453 e. The molecular weight excluding hydrogens is 664 g/mol. The summed E-state index contributed by atoms with van der Waals surface area (Å²) in [4.78, 5) is 41.6. The first kappa shape index (κ1) is 36.9. The van der Waals surface area contributed by atoms with Gasteiger partial charge in [-0.25, -0.2) is 22.8 Å². The number of methoxy groups -OCH3 is 1. The number of pyridine rings is 1. The Balaban J connectivity index is 1.45. The highest BCUT2D eigenvalue weighted by atomic mass is 19.4. The molecule has 11 nitrogen and oxygen atoms in total. The molecule has 0 bridgehead atoms. The topological polar surface area (TPSA) is 140 Å². The number of rotatable bonds is 12. The van der Waals surface area contributed by atoms with E-state index in [-0.39, 0.29) is 49.4 Å². The van der Waals surface area contributed by atoms with Gasteiger partial charge in [-0.1, -0.05) is 24.3 Å². The van der Waals surface area contributed by atoms with Gasteiger partial charge in [0.05, 0.1) is 43.9 Å². The van der Waals surface area contributed by atoms with Crippen molar-refractivity contribution in [2.24, 2.45) is 0 Å². The number of nitrogens with one attached hydrogen (secondary N) is 4. The molecule has 49 heavy (non-hydrogen) atoms. The van der Waals surface area contributed by atoms with Crippen molar-refractivity contribution in [2.75, 3.05) is 38.7 Å². The van der Waals surface area contributed by atoms with E-state index in [1.165, 1.54) is 42.6 Å². The minimum atomic E-state index is -4.58. The van der Waals surface area contributed by atoms with Gasteiger partial charge in [-0.2, -0.15) is 13.2 Å². The van der Waals surface area contributed by atoms with Crippen molar-refractivity contribution in [3.63, 3.8) is 0 Å². The zero-order valence-electron chi connectivity index (χ0n) is 26.0. The third kappa shape index (κ3) is 11.1. The van der Waals surface area contributed by atoms with Gasteiger partial charge in [0.1, 0.15) is 36.6 Å². The van der Waals surface area contributed by atoms with Gasteiger partial charge in [0.2, 0.25) is 5.91 Å². The van der Waals surface area contributed by atoms with Crippen molar-refractivity contribution in [3.05, 3.63) is 95.1 Å². The highest BCUT2D eigenvalue weighted by molar-refractivity contribution is 5.98. The summed E-state index contributed by atoms with van der Waals surface area (Å²) in [6, 6.07) is 8.42. The summed E-state index contributed by atoms with van der Waals surface area (Å²) in [6.07, 6.45) is -4.76. The molecule has 0 saturated carbocycles. The van der Waals surface area contributed by atoms with Crippen LogP contribution in [0.3, 0.4) is 0 Å². The van der Waals surface area contributed by atoms with E-state index in [0.29, 0.717) is 5.56 Å². The van der Waals surface area contributed by atoms with Crippen LogP contribution < -0.4 is 21.3 Å². The molecule has 2 heterocycles. The second kappa shape index (κ2) is 17.0. The number of morpholine rings is 1. The Bertz CT molecular complexity index is 1590. The first-order chi connectivity index (χ1) is 23.3. The molecule has 4 rings (SSSR count). The smallest absolute Gasteiger partial charge is 0.407 e. The summed E-state index contributed by atoms with van der Waals surface area (Å²) in [5.41, 5.74) is 0.681. The van der Waals surface area contributed by atoms with Crippen molar-refractivity contribution < 1.29 is 54.9 Å². The summed E-state index contributed by atoms with van der Waals surface area (Å²) in [7, 11) is 1.08. The van der Waals surface area contributed by atoms with E-state index in [1.54, 1.807) is 5.32 Å². The molecule has 3 amide bonds. The van der Waals surface area contributed by atoms with Crippen LogP contribution >= 0.6 is 0 Å². The average Bonchev–Trinajstić information content (AvgIpc) is 3.06. The van der Waals surface area contributed by atoms with Crippen LogP contribution in [0.5, 0.6) is 0 Å². The zero-order valence-corrected chi connectivity index (χ0v) is 26.0. The van der Waals surface area contributed by atoms with E-state index in [0.717, 1.165) is 25.4 Å². The number of benzene rings is 2. The van der Waals surface area contributed by atoms with Gasteiger partial charge in [-0.05, 0) is 48.2 Å². The van der Waals surface area contributed by atoms with Crippen LogP contribution in [0.15, 0.2) is 60.9 Å². The Morgan fingerprint density at radius 3 is 2.43 bits per heavy atom. The van der Waals surface area contributed by atoms with Crippen molar-refractivity contribution in [1.82, 2.24) is 20.9 Å². The Labute approximate surface area is 276 Å². The molecule has 0 aliphatic carbocycles. The first-order valence-electron chi connectivity index (χ1n) is 14.9. The number of halogens is 6. The van der Waals surface area contributed by atoms with Gasteiger partial charge >= 0.3 is 18.4 Å². The molecule has 1 aromatic heterocycles. The molecular formula is C32H33F6N5O6. The third-order valence-electron chi connectivity index (χ3n) is 7.51. The summed E-state index contributed by atoms with van der Waals surface area (Å²) < 4.78 is 95.3. The van der Waals surface area contributed by atoms with Gasteiger partial charge in [-0.3, -0.25) is 9.78 Å². The number of carbonyl (C=O) groups excluding carboxylic acids is 3. The predicted octanol–water partition coefficient (Wildman–Crippen LogP) is 4.57. The second-order valence-corrected chi connectivity index (χ2v) is 11.0. The van der Waals surface area contributed by atoms with Gasteiger partial charge in [0.25, 0.3) is 0 Å². The number of alkyl carbamates (subject to hydrolysis) is 2. The number of alkyl halides is 3. The van der Waals surface area contributed by atoms with Crippen molar-refractivity contribution in [1.29, 1.82) is 0 Å². The maximum atomic E-state index is 15.1. The number of amides is 3. The van der Waals surface area contributed by atoms with Crippen LogP contribution in [0.25, 0.3) is 0 Å². The number of hydrogen-bond donors (Lipinski definition) is 4. The molecule has 264 valence electrons. The van der Waals surface area contributed by atoms with Crippen LogP contribution in [0.1, 0.15) is 29.0 Å². The predicted molar refractivity (Wildman–Crippen MR) is 162 cm³/mol. The second-order valence-electron chi connectivity index (χ2n) is 11.0. The number of nitrogens with zero attached hydrogens (tertiary/aromatic N) is 1. The molecule has 1 aliphatic heterocycles. The maximum Gasteiger partial charge on any atom is 0.407 e. The normalized spacial score (nSPS) is 17.4. The van der Waals surface area contributed by atoms with Crippen LogP contribution in [-0.4, -0.2) is 80.9 Å². The number of anilines is 1. The van der Waals surface area contributed by atoms with Crippen LogP contribution in [0, 0.1) is 17.5 Å². The lowest BCUT2D eigenvalue weighted by atomic mass is 9.84. The van der Waals surface area contributed by atoms with E-state index >= 15 is 4.39 Å². The van der Waals surface area contributed by atoms with E-state index in [4.69, 9.17) is 14.2 Å². The number of carbonyl (C=O) groups is 3. The summed E-state index contributed by atoms with van der Waals surface area (Å²) in [5.74, 6) is -3.81. The fourth-order valence-corrected chi connectivity index (χ4v) is 5.13. The number of hydrogen-bond acceptors (Lipinski definition) is 8. The maximum absolute atomic E-state index is 15.1. The largest absolute Gasteiger partial charge is 0.453 e. The molecule has 4 N–H and O–H groups in total. The number of ether oxygens (including phenoxy) is 3. The summed E-state index contributed by atoms with van der Waals surface area (Å²) in [6.45, 7) is -1.49. The zero-order chi connectivity index (χ0) is 35.6. The Hall–Kier alpha value is -4.90. The molecule has 17 heteroatoms. The number of aromatic nitrogens is 1. The minimum absolute atomic E-state index is 0.0151. The standard InChI is InChI=1S/C32H33F6N5O6/c1-47-31(46)43-28(27(18-5-7-20(33)8-6-18)19-3-2-4-21(34)11-19)29(44)42-26-14-39-13-25(35)24(26)10-9-23-12-40-22(15-48-23)16-49-30(45)41-17-32(36,37)38/h2-8,11,13-14,22-23,27-28,40H,9-10,12,15-17H2,1H3,(H,41,45)(H,42,44)(H,43,46)/t22-,23+,27-,28-/m0/s1. The van der Waals surface area contributed by atoms with E-state index in [2.05, 4.69) is 20.9 Å². The lowest BCUT2D eigenvalue weighted by Gasteiger charge is -2.30. The Morgan fingerprint density at radius 1 is 1.02 bits per heavy atom. The lowest BCUT2D eigenvalue weighted by Crippen LogP contribution is -2.49. The molecule has 1 saturated heterocycles. The summed E-state index contributed by atoms with van der Waals surface area (Å²) in [5, 5.41) is 9.71. The Morgan fingerprint density at radius 2 is 1.78 bits per heavy atom. The van der Waals surface area contributed by atoms with Gasteiger partial charge < -0.3 is 35.5 Å². The van der Waals surface area contributed by atoms with Crippen LogP contribution in [0.2, 0.25) is 0 Å². The molecule has 1 fully saturated rings. The van der Waals surface area contributed by atoms with Gasteiger partial charge in [-0.15, -0.1) is 0 Å². The third-order valence-corrected chi connectivity index (χ3v) is 7.51. The van der Waals surface area contributed by atoms with Crippen molar-refractivity contribution in [2.45, 2.75) is 43.1 Å². The molecule has 2 aromatic carbocycles. The first-order valence-corrected chi connectivity index (χ1v) is 14.9. The fraction of sp³-hybridized carbons (Fsp3) is 0.375. The molecule has 0 radical (unpaired) electrons. The Kier molecular flexibility index (Phi) is 12.8. The quantitative estimate of drug-likeness (QED) is 0.202. The van der Waals surface area contributed by atoms with Gasteiger partial charge in [0.15, 0.2) is 0 Å². The van der Waals surface area contributed by atoms with E-state index < -0.39 is 72.4 Å². The highest BCUT2D eigenvalue weighted by Crippen LogP contribution is 2.31. The average molecular weight is 698 g/mol.